The molecule has 1 N–H and O–H groups in total. The third-order valence-corrected chi connectivity index (χ3v) is 1.94. The molecule has 0 saturated heterocycles. The first-order valence-electron chi connectivity index (χ1n) is 5.26. The third kappa shape index (κ3) is 4.12. The highest BCUT2D eigenvalue weighted by Gasteiger charge is 2.09. The van der Waals surface area contributed by atoms with Gasteiger partial charge >= 0.3 is 5.97 Å². The summed E-state index contributed by atoms with van der Waals surface area (Å²) in [6.45, 7) is 1.92. The van der Waals surface area contributed by atoms with Gasteiger partial charge in [-0.25, -0.2) is 18.0 Å². The summed E-state index contributed by atoms with van der Waals surface area (Å²) in [5, 5.41) is 2.39. The van der Waals surface area contributed by atoms with Gasteiger partial charge in [0.15, 0.2) is 11.6 Å². The molecule has 1 aromatic rings. The van der Waals surface area contributed by atoms with Gasteiger partial charge in [-0.05, 0) is 6.92 Å². The molecule has 0 bridgehead atoms. The van der Waals surface area contributed by atoms with Gasteiger partial charge < -0.3 is 10.1 Å². The summed E-state index contributed by atoms with van der Waals surface area (Å²) in [5.74, 6) is -3.59. The zero-order chi connectivity index (χ0) is 13.5. The Morgan fingerprint density at radius 1 is 1.33 bits per heavy atom. The van der Waals surface area contributed by atoms with Gasteiger partial charge in [-0.2, -0.15) is 0 Å². The Balaban J connectivity index is 2.57. The summed E-state index contributed by atoms with van der Waals surface area (Å²) in [4.78, 5) is 10.9. The van der Waals surface area contributed by atoms with Gasteiger partial charge in [0.2, 0.25) is 0 Å². The van der Waals surface area contributed by atoms with Crippen LogP contribution < -0.4 is 5.32 Å². The third-order valence-electron chi connectivity index (χ3n) is 1.94. The Labute approximate surface area is 102 Å². The monoisotopic (exact) mass is 259 g/mol. The fraction of sp³-hybridized carbons (Fsp3) is 0.250. The van der Waals surface area contributed by atoms with E-state index >= 15 is 0 Å². The lowest BCUT2D eigenvalue weighted by Gasteiger charge is -2.06. The second-order valence-corrected chi connectivity index (χ2v) is 3.28. The van der Waals surface area contributed by atoms with Gasteiger partial charge in [0, 0.05) is 24.8 Å². The molecule has 0 spiro atoms. The molecular formula is C12H12F3NO2. The molecule has 0 aliphatic carbocycles. The normalized spacial score (nSPS) is 10.7. The highest BCUT2D eigenvalue weighted by atomic mass is 19.1. The lowest BCUT2D eigenvalue weighted by molar-refractivity contribution is -0.137. The summed E-state index contributed by atoms with van der Waals surface area (Å²) in [5.41, 5.74) is -0.440. The minimum Gasteiger partial charge on any atom is -0.463 e. The van der Waals surface area contributed by atoms with Crippen LogP contribution in [0.1, 0.15) is 6.92 Å². The van der Waals surface area contributed by atoms with E-state index in [1.807, 2.05) is 0 Å². The molecule has 18 heavy (non-hydrogen) atoms. The van der Waals surface area contributed by atoms with Gasteiger partial charge in [-0.1, -0.05) is 6.08 Å². The molecular weight excluding hydrogens is 247 g/mol. The lowest BCUT2D eigenvalue weighted by atomic mass is 10.2. The van der Waals surface area contributed by atoms with Crippen molar-refractivity contribution in [3.63, 3.8) is 0 Å². The predicted octanol–water partition coefficient (Wildman–Crippen LogP) is 2.64. The first-order valence-corrected chi connectivity index (χ1v) is 5.26. The molecule has 0 unspecified atom stereocenters. The van der Waals surface area contributed by atoms with Gasteiger partial charge in [-0.3, -0.25) is 0 Å². The highest BCUT2D eigenvalue weighted by Crippen LogP contribution is 2.19. The number of esters is 1. The standard InChI is InChI=1S/C12H12F3NO2/c1-2-18-11(17)4-3-5-16-12-9(14)6-8(13)7-10(12)15/h3-4,6-7,16H,2,5H2,1H3/b4-3+. The maximum Gasteiger partial charge on any atom is 0.330 e. The molecule has 1 aromatic carbocycles. The highest BCUT2D eigenvalue weighted by molar-refractivity contribution is 5.81. The summed E-state index contributed by atoms with van der Waals surface area (Å²) < 4.78 is 43.5. The van der Waals surface area contributed by atoms with Crippen LogP contribution in [0.5, 0.6) is 0 Å². The van der Waals surface area contributed by atoms with Crippen molar-refractivity contribution < 1.29 is 22.7 Å². The van der Waals surface area contributed by atoms with Crippen LogP contribution in [0, 0.1) is 17.5 Å². The van der Waals surface area contributed by atoms with Crippen molar-refractivity contribution in [2.24, 2.45) is 0 Å². The molecule has 0 fully saturated rings. The van der Waals surface area contributed by atoms with Crippen LogP contribution in [-0.2, 0) is 9.53 Å². The maximum atomic E-state index is 13.2. The summed E-state index contributed by atoms with van der Waals surface area (Å²) in [6.07, 6.45) is 2.48. The molecule has 0 heterocycles. The Kier molecular flexibility index (Phi) is 5.23. The number of carbonyl (C=O) groups is 1. The van der Waals surface area contributed by atoms with E-state index in [0.717, 1.165) is 6.08 Å². The van der Waals surface area contributed by atoms with Gasteiger partial charge in [0.25, 0.3) is 0 Å². The van der Waals surface area contributed by atoms with Crippen molar-refractivity contribution in [2.45, 2.75) is 6.92 Å². The van der Waals surface area contributed by atoms with Crippen molar-refractivity contribution in [2.75, 3.05) is 18.5 Å². The topological polar surface area (TPSA) is 38.3 Å². The van der Waals surface area contributed by atoms with Crippen molar-refractivity contribution in [3.8, 4) is 0 Å². The van der Waals surface area contributed by atoms with Crippen LogP contribution in [0.2, 0.25) is 0 Å². The molecule has 0 aliphatic heterocycles. The maximum absolute atomic E-state index is 13.2. The van der Waals surface area contributed by atoms with Crippen molar-refractivity contribution in [1.82, 2.24) is 0 Å². The first kappa shape index (κ1) is 14.1. The molecule has 1 rings (SSSR count). The van der Waals surface area contributed by atoms with E-state index < -0.39 is 29.1 Å². The number of nitrogens with one attached hydrogen (secondary N) is 1. The van der Waals surface area contributed by atoms with E-state index in [9.17, 15) is 18.0 Å². The second-order valence-electron chi connectivity index (χ2n) is 3.28. The number of carbonyl (C=O) groups excluding carboxylic acids is 1. The molecule has 6 heteroatoms. The van der Waals surface area contributed by atoms with E-state index in [2.05, 4.69) is 10.1 Å². The Hall–Kier alpha value is -1.98. The molecule has 0 radical (unpaired) electrons. The van der Waals surface area contributed by atoms with E-state index in [4.69, 9.17) is 0 Å². The molecule has 0 aliphatic rings. The summed E-state index contributed by atoms with van der Waals surface area (Å²) in [6, 6.07) is 1.14. The smallest absolute Gasteiger partial charge is 0.330 e. The quantitative estimate of drug-likeness (QED) is 0.652. The van der Waals surface area contributed by atoms with Crippen molar-refractivity contribution in [1.29, 1.82) is 0 Å². The predicted molar refractivity (Wildman–Crippen MR) is 60.6 cm³/mol. The second kappa shape index (κ2) is 6.68. The van der Waals surface area contributed by atoms with Crippen LogP contribution in [0.25, 0.3) is 0 Å². The van der Waals surface area contributed by atoms with Gasteiger partial charge in [0.1, 0.15) is 11.5 Å². The number of hydrogen-bond acceptors (Lipinski definition) is 3. The van der Waals surface area contributed by atoms with Crippen LogP contribution in [0.4, 0.5) is 18.9 Å². The largest absolute Gasteiger partial charge is 0.463 e. The Morgan fingerprint density at radius 3 is 2.50 bits per heavy atom. The molecule has 0 atom stereocenters. The van der Waals surface area contributed by atoms with Crippen molar-refractivity contribution in [3.05, 3.63) is 41.7 Å². The van der Waals surface area contributed by atoms with E-state index in [1.54, 1.807) is 6.92 Å². The SMILES string of the molecule is CCOC(=O)/C=C/CNc1c(F)cc(F)cc1F. The minimum absolute atomic E-state index is 0.0122. The average molecular weight is 259 g/mol. The van der Waals surface area contributed by atoms with Crippen LogP contribution in [-0.4, -0.2) is 19.1 Å². The molecule has 0 aromatic heterocycles. The number of benzene rings is 1. The van der Waals surface area contributed by atoms with Crippen LogP contribution in [0.3, 0.4) is 0 Å². The van der Waals surface area contributed by atoms with E-state index in [-0.39, 0.29) is 13.2 Å². The van der Waals surface area contributed by atoms with E-state index in [1.165, 1.54) is 6.08 Å². The number of rotatable bonds is 5. The molecule has 0 saturated carbocycles. The zero-order valence-corrected chi connectivity index (χ0v) is 9.67. The Morgan fingerprint density at radius 2 is 1.94 bits per heavy atom. The number of halogens is 3. The minimum atomic E-state index is -1.03. The summed E-state index contributed by atoms with van der Waals surface area (Å²) in [7, 11) is 0. The molecule has 0 amide bonds. The molecule has 3 nitrogen and oxygen atoms in total. The van der Waals surface area contributed by atoms with Crippen LogP contribution >= 0.6 is 0 Å². The number of anilines is 1. The lowest BCUT2D eigenvalue weighted by Crippen LogP contribution is -2.05. The first-order chi connectivity index (χ1) is 8.54. The fourth-order valence-corrected chi connectivity index (χ4v) is 1.22. The number of ether oxygens (including phenoxy) is 1. The fourth-order valence-electron chi connectivity index (χ4n) is 1.22. The van der Waals surface area contributed by atoms with Crippen molar-refractivity contribution >= 4 is 11.7 Å². The number of hydrogen-bond donors (Lipinski definition) is 1. The van der Waals surface area contributed by atoms with Gasteiger partial charge in [0.05, 0.1) is 6.61 Å². The molecule has 98 valence electrons. The summed E-state index contributed by atoms with van der Waals surface area (Å²) >= 11 is 0. The Bertz CT molecular complexity index is 438. The van der Waals surface area contributed by atoms with Gasteiger partial charge in [-0.15, -0.1) is 0 Å². The van der Waals surface area contributed by atoms with Crippen LogP contribution in [0.15, 0.2) is 24.3 Å². The zero-order valence-electron chi connectivity index (χ0n) is 9.67. The van der Waals surface area contributed by atoms with E-state index in [0.29, 0.717) is 12.1 Å². The average Bonchev–Trinajstić information content (AvgIpc) is 2.27.